The van der Waals surface area contributed by atoms with Crippen LogP contribution in [0.15, 0.2) is 18.2 Å². The zero-order valence-electron chi connectivity index (χ0n) is 24.7. The average Bonchev–Trinajstić information content (AvgIpc) is 2.83. The molecule has 3 N–H and O–H groups in total. The highest BCUT2D eigenvalue weighted by atomic mass is 16.6. The van der Waals surface area contributed by atoms with Gasteiger partial charge in [0.05, 0.1) is 6.61 Å². The molecule has 216 valence electrons. The van der Waals surface area contributed by atoms with E-state index in [0.717, 1.165) is 55.2 Å². The van der Waals surface area contributed by atoms with Crippen molar-refractivity contribution in [1.82, 2.24) is 15.5 Å². The molecule has 0 aliphatic carbocycles. The van der Waals surface area contributed by atoms with Gasteiger partial charge in [0.25, 0.3) is 0 Å². The summed E-state index contributed by atoms with van der Waals surface area (Å²) in [5.41, 5.74) is 1.82. The fraction of sp³-hybridized carbons (Fsp3) is 0.700. The Morgan fingerprint density at radius 3 is 2.08 bits per heavy atom. The minimum atomic E-state index is -1.24. The fourth-order valence-corrected chi connectivity index (χ4v) is 4.44. The van der Waals surface area contributed by atoms with Crippen molar-refractivity contribution in [2.24, 2.45) is 0 Å². The number of amides is 3. The number of aryl methyl sites for hydroxylation is 2. The first-order valence-corrected chi connectivity index (χ1v) is 14.2. The van der Waals surface area contributed by atoms with Crippen LogP contribution in [0.4, 0.5) is 4.79 Å². The lowest BCUT2D eigenvalue weighted by Crippen LogP contribution is -2.54. The summed E-state index contributed by atoms with van der Waals surface area (Å²) in [5, 5.41) is 15.6. The quantitative estimate of drug-likeness (QED) is 0.249. The molecule has 0 aliphatic rings. The van der Waals surface area contributed by atoms with Crippen molar-refractivity contribution in [3.8, 4) is 0 Å². The molecule has 0 saturated heterocycles. The van der Waals surface area contributed by atoms with Crippen LogP contribution in [0.3, 0.4) is 0 Å². The number of nitrogens with one attached hydrogen (secondary N) is 2. The summed E-state index contributed by atoms with van der Waals surface area (Å²) in [5.74, 6) is -0.769. The van der Waals surface area contributed by atoms with Crippen LogP contribution in [0.25, 0.3) is 0 Å². The molecular weight excluding hydrogens is 482 g/mol. The van der Waals surface area contributed by atoms with Crippen LogP contribution in [-0.2, 0) is 14.3 Å². The van der Waals surface area contributed by atoms with Gasteiger partial charge in [-0.15, -0.1) is 0 Å². The number of unbranched alkanes of at least 4 members (excludes halogenated alkanes) is 6. The van der Waals surface area contributed by atoms with Gasteiger partial charge in [0, 0.05) is 13.1 Å². The molecule has 3 amide bonds. The molecule has 0 aliphatic heterocycles. The zero-order valence-corrected chi connectivity index (χ0v) is 24.7. The first kappa shape index (κ1) is 33.4. The van der Waals surface area contributed by atoms with E-state index in [1.807, 2.05) is 32.0 Å². The third-order valence-electron chi connectivity index (χ3n) is 6.41. The highest BCUT2D eigenvalue weighted by Crippen LogP contribution is 2.29. The Kier molecular flexibility index (Phi) is 15.0. The Morgan fingerprint density at radius 1 is 0.947 bits per heavy atom. The van der Waals surface area contributed by atoms with Gasteiger partial charge in [0.2, 0.25) is 11.8 Å². The Balaban J connectivity index is 3.39. The number of hydrogen-bond donors (Lipinski definition) is 3. The van der Waals surface area contributed by atoms with Crippen molar-refractivity contribution >= 4 is 17.9 Å². The van der Waals surface area contributed by atoms with Crippen LogP contribution < -0.4 is 10.6 Å². The number of rotatable bonds is 16. The summed E-state index contributed by atoms with van der Waals surface area (Å²) in [6, 6.07) is 3.68. The molecule has 1 rings (SSSR count). The highest BCUT2D eigenvalue weighted by Gasteiger charge is 2.37. The van der Waals surface area contributed by atoms with Crippen LogP contribution in [0.1, 0.15) is 109 Å². The summed E-state index contributed by atoms with van der Waals surface area (Å²) in [6.07, 6.45) is 7.09. The third kappa shape index (κ3) is 11.4. The molecule has 0 saturated carbocycles. The van der Waals surface area contributed by atoms with Crippen molar-refractivity contribution in [1.29, 1.82) is 0 Å². The maximum absolute atomic E-state index is 13.9. The van der Waals surface area contributed by atoms with E-state index in [1.165, 1.54) is 11.3 Å². The number of ether oxygens (including phenoxy) is 1. The van der Waals surface area contributed by atoms with Gasteiger partial charge in [-0.2, -0.15) is 0 Å². The molecule has 0 bridgehead atoms. The largest absolute Gasteiger partial charge is 0.444 e. The predicted octanol–water partition coefficient (Wildman–Crippen LogP) is 5.34. The first-order valence-electron chi connectivity index (χ1n) is 14.2. The number of nitrogens with zero attached hydrogens (tertiary/aromatic N) is 1. The second-order valence-electron chi connectivity index (χ2n) is 11.0. The van der Waals surface area contributed by atoms with Crippen molar-refractivity contribution in [3.63, 3.8) is 0 Å². The smallest absolute Gasteiger partial charge is 0.408 e. The monoisotopic (exact) mass is 533 g/mol. The maximum atomic E-state index is 13.9. The number of carbonyl (C=O) groups is 3. The molecule has 0 heterocycles. The van der Waals surface area contributed by atoms with Crippen LogP contribution in [0.5, 0.6) is 0 Å². The fourth-order valence-electron chi connectivity index (χ4n) is 4.44. The molecule has 0 spiro atoms. The van der Waals surface area contributed by atoms with Gasteiger partial charge in [0.1, 0.15) is 17.7 Å². The second kappa shape index (κ2) is 17.1. The van der Waals surface area contributed by atoms with Gasteiger partial charge in [-0.1, -0.05) is 70.6 Å². The maximum Gasteiger partial charge on any atom is 0.408 e. The molecule has 1 aromatic rings. The van der Waals surface area contributed by atoms with Gasteiger partial charge >= 0.3 is 6.09 Å². The Morgan fingerprint density at radius 2 is 1.53 bits per heavy atom. The Hall–Kier alpha value is -2.61. The minimum absolute atomic E-state index is 0.260. The van der Waals surface area contributed by atoms with E-state index in [2.05, 4.69) is 24.5 Å². The van der Waals surface area contributed by atoms with Crippen LogP contribution in [0, 0.1) is 13.8 Å². The van der Waals surface area contributed by atoms with E-state index in [1.54, 1.807) is 20.8 Å². The van der Waals surface area contributed by atoms with E-state index in [0.29, 0.717) is 19.5 Å². The lowest BCUT2D eigenvalue weighted by Gasteiger charge is -2.35. The third-order valence-corrected chi connectivity index (χ3v) is 6.41. The standard InChI is InChI=1S/C30H51N3O5/c1-8-10-12-13-14-15-20-33(28(36)24(21-34)32-29(37)38-30(5,6)7)26(27(35)31-19-11-9-2)25-22(3)17-16-18-23(25)4/h16-18,24,26,34H,8-15,19-21H2,1-7H3,(H,31,35)(H,32,37). The van der Waals surface area contributed by atoms with Crippen molar-refractivity contribution in [2.45, 2.75) is 118 Å². The zero-order chi connectivity index (χ0) is 28.7. The number of carbonyl (C=O) groups excluding carboxylic acids is 3. The lowest BCUT2D eigenvalue weighted by molar-refractivity contribution is -0.143. The lowest BCUT2D eigenvalue weighted by atomic mass is 9.93. The SMILES string of the molecule is CCCCCCCCN(C(=O)C(CO)NC(=O)OC(C)(C)C)C(C(=O)NCCCC)c1c(C)cccc1C. The van der Waals surface area contributed by atoms with Gasteiger partial charge in [0.15, 0.2) is 0 Å². The van der Waals surface area contributed by atoms with Crippen LogP contribution >= 0.6 is 0 Å². The summed E-state index contributed by atoms with van der Waals surface area (Å²) in [4.78, 5) is 41.6. The molecule has 8 heteroatoms. The van der Waals surface area contributed by atoms with Crippen molar-refractivity contribution < 1.29 is 24.2 Å². The van der Waals surface area contributed by atoms with E-state index in [4.69, 9.17) is 4.74 Å². The molecule has 38 heavy (non-hydrogen) atoms. The molecule has 1 aromatic carbocycles. The van der Waals surface area contributed by atoms with Crippen molar-refractivity contribution in [2.75, 3.05) is 19.7 Å². The first-order chi connectivity index (χ1) is 18.0. The molecule has 2 unspecified atom stereocenters. The van der Waals surface area contributed by atoms with Crippen molar-refractivity contribution in [3.05, 3.63) is 34.9 Å². The minimum Gasteiger partial charge on any atom is -0.444 e. The second-order valence-corrected chi connectivity index (χ2v) is 11.0. The highest BCUT2D eigenvalue weighted by molar-refractivity contribution is 5.92. The van der Waals surface area contributed by atoms with Gasteiger partial charge in [-0.05, 0) is 64.2 Å². The Bertz CT molecular complexity index is 861. The average molecular weight is 534 g/mol. The Labute approximate surface area is 229 Å². The van der Waals surface area contributed by atoms with Gasteiger partial charge in [-0.25, -0.2) is 4.79 Å². The summed E-state index contributed by atoms with van der Waals surface area (Å²) in [6.45, 7) is 13.5. The molecular formula is C30H51N3O5. The summed E-state index contributed by atoms with van der Waals surface area (Å²) in [7, 11) is 0. The predicted molar refractivity (Wildman–Crippen MR) is 152 cm³/mol. The van der Waals surface area contributed by atoms with E-state index >= 15 is 0 Å². The number of hydrogen-bond acceptors (Lipinski definition) is 5. The van der Waals surface area contributed by atoms with Gasteiger partial charge < -0.3 is 25.4 Å². The molecule has 0 aromatic heterocycles. The normalized spacial score (nSPS) is 12.9. The number of aliphatic hydroxyl groups is 1. The van der Waals surface area contributed by atoms with E-state index in [9.17, 15) is 19.5 Å². The van der Waals surface area contributed by atoms with Crippen LogP contribution in [-0.4, -0.2) is 59.3 Å². The topological polar surface area (TPSA) is 108 Å². The van der Waals surface area contributed by atoms with Crippen LogP contribution in [0.2, 0.25) is 0 Å². The van der Waals surface area contributed by atoms with E-state index < -0.39 is 36.3 Å². The molecule has 0 fully saturated rings. The molecule has 8 nitrogen and oxygen atoms in total. The number of alkyl carbamates (subject to hydrolysis) is 1. The molecule has 2 atom stereocenters. The van der Waals surface area contributed by atoms with E-state index in [-0.39, 0.29) is 5.91 Å². The number of aliphatic hydroxyl groups excluding tert-OH is 1. The van der Waals surface area contributed by atoms with Gasteiger partial charge in [-0.3, -0.25) is 9.59 Å². The molecule has 0 radical (unpaired) electrons. The summed E-state index contributed by atoms with van der Waals surface area (Å²) < 4.78 is 5.32. The number of benzene rings is 1. The summed E-state index contributed by atoms with van der Waals surface area (Å²) >= 11 is 0.